The van der Waals surface area contributed by atoms with E-state index in [9.17, 15) is 41.6 Å². The quantitative estimate of drug-likeness (QED) is 0.250. The van der Waals surface area contributed by atoms with E-state index in [0.29, 0.717) is 36.0 Å². The number of amides is 5. The fraction of sp³-hybridized carbons (Fsp3) is 0.622. The summed E-state index contributed by atoms with van der Waals surface area (Å²) in [5.41, 5.74) is -1.04. The highest BCUT2D eigenvalue weighted by molar-refractivity contribution is 7.91. The average molecular weight is 776 g/mol. The summed E-state index contributed by atoms with van der Waals surface area (Å²) in [7, 11) is -3.94. The Kier molecular flexibility index (Phi) is 11.8. The van der Waals surface area contributed by atoms with Gasteiger partial charge in [-0.05, 0) is 83.4 Å². The first-order valence-corrected chi connectivity index (χ1v) is 19.9. The molecule has 54 heavy (non-hydrogen) atoms. The molecule has 5 atom stereocenters. The number of halogens is 1. The molecule has 0 aromatic heterocycles. The number of allylic oxidation sites excluding steroid dienone is 2. The maximum atomic E-state index is 14.4. The van der Waals surface area contributed by atoms with Crippen molar-refractivity contribution in [3.63, 3.8) is 0 Å². The molecule has 0 bridgehead atoms. The molecule has 5 rings (SSSR count). The fourth-order valence-electron chi connectivity index (χ4n) is 6.94. The Hall–Kier alpha value is -4.54. The van der Waals surface area contributed by atoms with Crippen LogP contribution in [0.15, 0.2) is 29.8 Å². The van der Waals surface area contributed by atoms with E-state index in [2.05, 4.69) is 15.4 Å². The molecule has 296 valence electrons. The second kappa shape index (κ2) is 15.7. The number of hydrogen-bond acceptors (Lipinski definition) is 10. The monoisotopic (exact) mass is 775 g/mol. The van der Waals surface area contributed by atoms with Crippen molar-refractivity contribution in [2.75, 3.05) is 6.54 Å². The van der Waals surface area contributed by atoms with Gasteiger partial charge in [-0.1, -0.05) is 31.6 Å². The van der Waals surface area contributed by atoms with Crippen LogP contribution in [-0.4, -0.2) is 95.0 Å². The van der Waals surface area contributed by atoms with Gasteiger partial charge in [0.25, 0.3) is 5.91 Å². The summed E-state index contributed by atoms with van der Waals surface area (Å²) >= 11 is 0. The molecule has 3 N–H and O–H groups in total. The first kappa shape index (κ1) is 40.6. The fourth-order valence-corrected chi connectivity index (χ4v) is 8.30. The third-order valence-corrected chi connectivity index (χ3v) is 12.2. The number of Topliss-reactive ketones (excluding diaryl/α,β-unsaturated/α-hetero) is 1. The highest BCUT2D eigenvalue weighted by Crippen LogP contribution is 2.47. The molecule has 1 aromatic carbocycles. The SMILES string of the molecule is CC=C(C)C(=O)CC[C@H](NC(=O)OC(C)(C)C)C(=O)N1C[C@H](OC(=O)N2Cc3cccc(F)c3C2)C[C@H]1C(=O)N[C@]1(C(=O)NS(=O)(=O)C2CC2)C[C@H]1CC. The molecular formula is C37H50FN5O10S. The molecule has 5 amide bonds. The van der Waals surface area contributed by atoms with Gasteiger partial charge in [0.2, 0.25) is 21.8 Å². The van der Waals surface area contributed by atoms with Gasteiger partial charge < -0.3 is 25.0 Å². The summed E-state index contributed by atoms with van der Waals surface area (Å²) in [5.74, 6) is -3.52. The number of carbonyl (C=O) groups is 6. The van der Waals surface area contributed by atoms with Crippen molar-refractivity contribution in [1.82, 2.24) is 25.2 Å². The van der Waals surface area contributed by atoms with Crippen LogP contribution < -0.4 is 15.4 Å². The Labute approximate surface area is 314 Å². The molecule has 2 heterocycles. The summed E-state index contributed by atoms with van der Waals surface area (Å²) in [5, 5.41) is 4.59. The Balaban J connectivity index is 1.39. The maximum Gasteiger partial charge on any atom is 0.410 e. The largest absolute Gasteiger partial charge is 0.444 e. The number of benzene rings is 1. The topological polar surface area (TPSA) is 198 Å². The molecule has 4 aliphatic rings. The molecule has 2 aliphatic heterocycles. The molecule has 0 radical (unpaired) electrons. The lowest BCUT2D eigenvalue weighted by molar-refractivity contribution is -0.141. The lowest BCUT2D eigenvalue weighted by atomic mass is 10.0. The van der Waals surface area contributed by atoms with Crippen molar-refractivity contribution in [2.45, 2.75) is 134 Å². The van der Waals surface area contributed by atoms with E-state index in [1.807, 2.05) is 0 Å². The number of rotatable bonds is 13. The van der Waals surface area contributed by atoms with Crippen LogP contribution >= 0.6 is 0 Å². The van der Waals surface area contributed by atoms with Crippen molar-refractivity contribution < 1.29 is 51.0 Å². The van der Waals surface area contributed by atoms with Gasteiger partial charge in [0.05, 0.1) is 18.3 Å². The number of ether oxygens (including phenoxy) is 2. The number of likely N-dealkylation sites (tertiary alicyclic amines) is 1. The number of ketones is 1. The third kappa shape index (κ3) is 9.21. The molecular weight excluding hydrogens is 725 g/mol. The van der Waals surface area contributed by atoms with Crippen LogP contribution in [0.4, 0.5) is 14.0 Å². The van der Waals surface area contributed by atoms with Crippen LogP contribution in [0.25, 0.3) is 0 Å². The summed E-state index contributed by atoms with van der Waals surface area (Å²) in [6.07, 6.45) is -0.170. The molecule has 2 aliphatic carbocycles. The Morgan fingerprint density at radius 1 is 1.11 bits per heavy atom. The number of nitrogens with one attached hydrogen (secondary N) is 3. The van der Waals surface area contributed by atoms with Crippen LogP contribution in [0.5, 0.6) is 0 Å². The number of carbonyl (C=O) groups excluding carboxylic acids is 6. The Morgan fingerprint density at radius 3 is 2.41 bits per heavy atom. The van der Waals surface area contributed by atoms with Crippen LogP contribution in [0, 0.1) is 11.7 Å². The first-order valence-electron chi connectivity index (χ1n) is 18.3. The van der Waals surface area contributed by atoms with Gasteiger partial charge in [0, 0.05) is 24.9 Å². The standard InChI is InChI=1S/C37H50FN5O10S/c1-7-21(3)30(44)15-14-28(39-34(48)53-36(4,5)6)32(46)43-19-24(52-35(49)42-18-22-10-9-11-27(38)26(22)20-42)16-29(43)31(45)40-37(17-23(37)8-2)33(47)41-54(50,51)25-12-13-25/h7,9-11,23-25,28-29H,8,12-20H2,1-6H3,(H,39,48)(H,40,45)(H,41,47)/t23-,24-,28+,29+,37-/m1/s1. The lowest BCUT2D eigenvalue weighted by Crippen LogP contribution is -2.58. The van der Waals surface area contributed by atoms with Crippen molar-refractivity contribution in [2.24, 2.45) is 5.92 Å². The zero-order chi connectivity index (χ0) is 39.7. The average Bonchev–Trinajstić information content (AvgIpc) is 3.99. The second-order valence-electron chi connectivity index (χ2n) is 15.6. The van der Waals surface area contributed by atoms with E-state index in [0.717, 1.165) is 4.90 Å². The minimum atomic E-state index is -3.94. The van der Waals surface area contributed by atoms with Crippen LogP contribution in [-0.2, 0) is 51.8 Å². The maximum absolute atomic E-state index is 14.4. The van der Waals surface area contributed by atoms with E-state index in [4.69, 9.17) is 9.47 Å². The van der Waals surface area contributed by atoms with Gasteiger partial charge in [0.15, 0.2) is 5.78 Å². The van der Waals surface area contributed by atoms with Gasteiger partial charge in [-0.3, -0.25) is 28.8 Å². The Bertz CT molecular complexity index is 1840. The second-order valence-corrected chi connectivity index (χ2v) is 17.5. The molecule has 0 unspecified atom stereocenters. The van der Waals surface area contributed by atoms with Crippen molar-refractivity contribution in [3.8, 4) is 0 Å². The van der Waals surface area contributed by atoms with Crippen molar-refractivity contribution >= 4 is 45.7 Å². The zero-order valence-corrected chi connectivity index (χ0v) is 32.3. The van der Waals surface area contributed by atoms with Crippen molar-refractivity contribution in [1.29, 1.82) is 0 Å². The van der Waals surface area contributed by atoms with Gasteiger partial charge in [-0.2, -0.15) is 0 Å². The predicted octanol–water partition coefficient (Wildman–Crippen LogP) is 3.35. The van der Waals surface area contributed by atoms with Gasteiger partial charge in [-0.25, -0.2) is 22.4 Å². The minimum Gasteiger partial charge on any atom is -0.444 e. The number of nitrogens with zero attached hydrogens (tertiary/aromatic N) is 2. The first-order chi connectivity index (χ1) is 25.3. The summed E-state index contributed by atoms with van der Waals surface area (Å²) in [6, 6.07) is 1.86. The molecule has 1 saturated heterocycles. The zero-order valence-electron chi connectivity index (χ0n) is 31.5. The summed E-state index contributed by atoms with van der Waals surface area (Å²) in [6.45, 7) is 9.78. The highest BCUT2D eigenvalue weighted by Gasteiger charge is 2.62. The van der Waals surface area contributed by atoms with Gasteiger partial charge >= 0.3 is 12.2 Å². The number of hydrogen-bond donors (Lipinski definition) is 3. The number of fused-ring (bicyclic) bond motifs is 1. The van der Waals surface area contributed by atoms with Crippen LogP contribution in [0.3, 0.4) is 0 Å². The number of sulfonamides is 1. The normalized spacial score (nSPS) is 24.3. The Morgan fingerprint density at radius 2 is 1.81 bits per heavy atom. The number of alkyl carbamates (subject to hydrolysis) is 1. The molecule has 3 fully saturated rings. The highest BCUT2D eigenvalue weighted by atomic mass is 32.2. The van der Waals surface area contributed by atoms with E-state index in [-0.39, 0.29) is 57.0 Å². The lowest BCUT2D eigenvalue weighted by Gasteiger charge is -2.30. The summed E-state index contributed by atoms with van der Waals surface area (Å²) in [4.78, 5) is 83.6. The minimum absolute atomic E-state index is 0.0402. The molecule has 15 nitrogen and oxygen atoms in total. The van der Waals surface area contributed by atoms with E-state index in [1.54, 1.807) is 59.8 Å². The van der Waals surface area contributed by atoms with Crippen LogP contribution in [0.2, 0.25) is 0 Å². The molecule has 0 spiro atoms. The molecule has 17 heteroatoms. The summed E-state index contributed by atoms with van der Waals surface area (Å²) < 4.78 is 53.1. The van der Waals surface area contributed by atoms with Crippen LogP contribution in [0.1, 0.15) is 97.6 Å². The third-order valence-electron chi connectivity index (χ3n) is 10.4. The molecule has 1 aromatic rings. The predicted molar refractivity (Wildman–Crippen MR) is 192 cm³/mol. The molecule has 2 saturated carbocycles. The smallest absolute Gasteiger partial charge is 0.410 e. The van der Waals surface area contributed by atoms with E-state index < -0.39 is 80.3 Å². The van der Waals surface area contributed by atoms with Gasteiger partial charge in [-0.15, -0.1) is 0 Å². The van der Waals surface area contributed by atoms with Crippen molar-refractivity contribution in [3.05, 3.63) is 46.8 Å². The van der Waals surface area contributed by atoms with Gasteiger partial charge in [0.1, 0.15) is 35.1 Å². The van der Waals surface area contributed by atoms with E-state index >= 15 is 0 Å². The van der Waals surface area contributed by atoms with E-state index in [1.165, 1.54) is 11.0 Å².